The van der Waals surface area contributed by atoms with Crippen molar-refractivity contribution in [1.82, 2.24) is 14.9 Å². The zero-order chi connectivity index (χ0) is 14.1. The SMILES string of the molecule is CCCc1cnn(Cc2cc(C)c3c(N)noc3c2)c1. The van der Waals surface area contributed by atoms with Gasteiger partial charge in [-0.05, 0) is 36.1 Å². The fraction of sp³-hybridized carbons (Fsp3) is 0.333. The van der Waals surface area contributed by atoms with Crippen molar-refractivity contribution in [2.24, 2.45) is 0 Å². The molecule has 20 heavy (non-hydrogen) atoms. The van der Waals surface area contributed by atoms with E-state index >= 15 is 0 Å². The summed E-state index contributed by atoms with van der Waals surface area (Å²) in [5.41, 5.74) is 10.0. The van der Waals surface area contributed by atoms with E-state index in [0.717, 1.165) is 41.5 Å². The second-order valence-corrected chi connectivity index (χ2v) is 5.15. The summed E-state index contributed by atoms with van der Waals surface area (Å²) in [6, 6.07) is 4.09. The minimum atomic E-state index is 0.452. The van der Waals surface area contributed by atoms with Crippen molar-refractivity contribution >= 4 is 16.8 Å². The lowest BCUT2D eigenvalue weighted by atomic mass is 10.1. The number of hydrogen-bond acceptors (Lipinski definition) is 4. The molecule has 0 bridgehead atoms. The molecule has 0 amide bonds. The van der Waals surface area contributed by atoms with Crippen molar-refractivity contribution in [3.8, 4) is 0 Å². The predicted octanol–water partition coefficient (Wildman–Crippen LogP) is 2.92. The van der Waals surface area contributed by atoms with E-state index in [-0.39, 0.29) is 0 Å². The smallest absolute Gasteiger partial charge is 0.175 e. The molecule has 0 atom stereocenters. The van der Waals surface area contributed by atoms with Crippen LogP contribution in [0.3, 0.4) is 0 Å². The molecule has 2 heterocycles. The molecule has 2 N–H and O–H groups in total. The van der Waals surface area contributed by atoms with Crippen LogP contribution >= 0.6 is 0 Å². The van der Waals surface area contributed by atoms with Gasteiger partial charge in [-0.3, -0.25) is 4.68 Å². The molecular weight excluding hydrogens is 252 g/mol. The molecule has 5 heteroatoms. The fourth-order valence-corrected chi connectivity index (χ4v) is 2.56. The summed E-state index contributed by atoms with van der Waals surface area (Å²) in [4.78, 5) is 0. The Hall–Kier alpha value is -2.30. The number of anilines is 1. The molecule has 0 spiro atoms. The summed E-state index contributed by atoms with van der Waals surface area (Å²) in [6.07, 6.45) is 6.23. The first-order valence-corrected chi connectivity index (χ1v) is 6.83. The Balaban J connectivity index is 1.90. The van der Waals surface area contributed by atoms with Crippen molar-refractivity contribution in [1.29, 1.82) is 0 Å². The number of nitrogens with two attached hydrogens (primary N) is 1. The first kappa shape index (κ1) is 12.7. The van der Waals surface area contributed by atoms with E-state index in [1.807, 2.05) is 23.9 Å². The number of nitrogen functional groups attached to an aromatic ring is 1. The summed E-state index contributed by atoms with van der Waals surface area (Å²) in [5, 5.41) is 9.11. The van der Waals surface area contributed by atoms with Crippen LogP contribution in [0, 0.1) is 6.92 Å². The lowest BCUT2D eigenvalue weighted by Gasteiger charge is -2.04. The van der Waals surface area contributed by atoms with Gasteiger partial charge in [-0.1, -0.05) is 24.6 Å². The van der Waals surface area contributed by atoms with E-state index in [0.29, 0.717) is 5.82 Å². The van der Waals surface area contributed by atoms with Crippen LogP contribution in [0.15, 0.2) is 29.0 Å². The molecule has 1 aromatic carbocycles. The second kappa shape index (κ2) is 5.00. The minimum Gasteiger partial charge on any atom is -0.380 e. The van der Waals surface area contributed by atoms with Crippen molar-refractivity contribution < 1.29 is 4.52 Å². The van der Waals surface area contributed by atoms with Gasteiger partial charge in [0.25, 0.3) is 0 Å². The Morgan fingerprint density at radius 2 is 2.15 bits per heavy atom. The summed E-state index contributed by atoms with van der Waals surface area (Å²) in [5.74, 6) is 0.452. The summed E-state index contributed by atoms with van der Waals surface area (Å²) in [7, 11) is 0. The van der Waals surface area contributed by atoms with Crippen LogP contribution in [0.4, 0.5) is 5.82 Å². The summed E-state index contributed by atoms with van der Waals surface area (Å²) >= 11 is 0. The molecule has 2 aromatic heterocycles. The van der Waals surface area contributed by atoms with Crippen molar-refractivity contribution in [3.63, 3.8) is 0 Å². The quantitative estimate of drug-likeness (QED) is 0.791. The van der Waals surface area contributed by atoms with Gasteiger partial charge in [0.15, 0.2) is 11.4 Å². The molecule has 0 aliphatic carbocycles. The van der Waals surface area contributed by atoms with Gasteiger partial charge in [0.2, 0.25) is 0 Å². The third kappa shape index (κ3) is 2.27. The van der Waals surface area contributed by atoms with E-state index in [1.54, 1.807) is 0 Å². The minimum absolute atomic E-state index is 0.452. The molecule has 0 aliphatic heterocycles. The maximum Gasteiger partial charge on any atom is 0.175 e. The lowest BCUT2D eigenvalue weighted by molar-refractivity contribution is 0.460. The molecule has 0 unspecified atom stereocenters. The van der Waals surface area contributed by atoms with E-state index in [2.05, 4.69) is 29.4 Å². The summed E-state index contributed by atoms with van der Waals surface area (Å²) < 4.78 is 7.20. The van der Waals surface area contributed by atoms with Crippen LogP contribution in [0.5, 0.6) is 0 Å². The molecule has 5 nitrogen and oxygen atoms in total. The number of nitrogens with zero attached hydrogens (tertiary/aromatic N) is 3. The molecule has 0 saturated carbocycles. The van der Waals surface area contributed by atoms with Gasteiger partial charge in [0, 0.05) is 6.20 Å². The van der Waals surface area contributed by atoms with Gasteiger partial charge < -0.3 is 10.3 Å². The van der Waals surface area contributed by atoms with Gasteiger partial charge >= 0.3 is 0 Å². The molecule has 0 saturated heterocycles. The molecule has 3 rings (SSSR count). The molecule has 0 fully saturated rings. The van der Waals surface area contributed by atoms with Gasteiger partial charge in [-0.2, -0.15) is 5.10 Å². The third-order valence-corrected chi connectivity index (χ3v) is 3.43. The Bertz CT molecular complexity index is 741. The number of aromatic nitrogens is 3. The zero-order valence-corrected chi connectivity index (χ0v) is 11.8. The van der Waals surface area contributed by atoms with Crippen LogP contribution in [0.2, 0.25) is 0 Å². The van der Waals surface area contributed by atoms with Crippen molar-refractivity contribution in [2.75, 3.05) is 5.73 Å². The summed E-state index contributed by atoms with van der Waals surface area (Å²) in [6.45, 7) is 4.91. The van der Waals surface area contributed by atoms with Crippen LogP contribution < -0.4 is 5.73 Å². The largest absolute Gasteiger partial charge is 0.380 e. The number of aryl methyl sites for hydroxylation is 2. The molecule has 104 valence electrons. The highest BCUT2D eigenvalue weighted by atomic mass is 16.5. The highest BCUT2D eigenvalue weighted by molar-refractivity contribution is 5.90. The Morgan fingerprint density at radius 1 is 1.30 bits per heavy atom. The van der Waals surface area contributed by atoms with E-state index in [1.165, 1.54) is 5.56 Å². The highest BCUT2D eigenvalue weighted by Crippen LogP contribution is 2.26. The average Bonchev–Trinajstić information content (AvgIpc) is 2.98. The van der Waals surface area contributed by atoms with Crippen LogP contribution in [-0.4, -0.2) is 14.9 Å². The normalized spacial score (nSPS) is 11.3. The molecule has 0 aliphatic rings. The van der Waals surface area contributed by atoms with E-state index in [4.69, 9.17) is 10.3 Å². The fourth-order valence-electron chi connectivity index (χ4n) is 2.56. The van der Waals surface area contributed by atoms with Crippen molar-refractivity contribution in [3.05, 3.63) is 41.2 Å². The van der Waals surface area contributed by atoms with E-state index in [9.17, 15) is 0 Å². The topological polar surface area (TPSA) is 69.9 Å². The first-order chi connectivity index (χ1) is 9.67. The Labute approximate surface area is 117 Å². The average molecular weight is 270 g/mol. The lowest BCUT2D eigenvalue weighted by Crippen LogP contribution is -2.00. The number of hydrogen-bond donors (Lipinski definition) is 1. The monoisotopic (exact) mass is 270 g/mol. The van der Waals surface area contributed by atoms with Gasteiger partial charge in [-0.25, -0.2) is 0 Å². The third-order valence-electron chi connectivity index (χ3n) is 3.43. The molecule has 0 radical (unpaired) electrons. The number of rotatable bonds is 4. The van der Waals surface area contributed by atoms with Gasteiger partial charge in [0.05, 0.1) is 18.1 Å². The maximum absolute atomic E-state index is 5.79. The van der Waals surface area contributed by atoms with Crippen LogP contribution in [0.25, 0.3) is 11.0 Å². The zero-order valence-electron chi connectivity index (χ0n) is 11.8. The van der Waals surface area contributed by atoms with Gasteiger partial charge in [-0.15, -0.1) is 0 Å². The maximum atomic E-state index is 5.79. The second-order valence-electron chi connectivity index (χ2n) is 5.15. The molecular formula is C15H18N4O. The standard InChI is InChI=1S/C15H18N4O/c1-3-4-11-7-17-19(8-11)9-12-5-10(2)14-13(6-12)20-18-15(14)16/h5-8H,3-4,9H2,1-2H3,(H2,16,18). The number of benzene rings is 1. The van der Waals surface area contributed by atoms with Crippen LogP contribution in [0.1, 0.15) is 30.0 Å². The number of fused-ring (bicyclic) bond motifs is 1. The Morgan fingerprint density at radius 3 is 2.95 bits per heavy atom. The predicted molar refractivity (Wildman–Crippen MR) is 78.5 cm³/mol. The first-order valence-electron chi connectivity index (χ1n) is 6.83. The van der Waals surface area contributed by atoms with E-state index < -0.39 is 0 Å². The van der Waals surface area contributed by atoms with Gasteiger partial charge in [0.1, 0.15) is 0 Å². The highest BCUT2D eigenvalue weighted by Gasteiger charge is 2.10. The van der Waals surface area contributed by atoms with Crippen molar-refractivity contribution in [2.45, 2.75) is 33.2 Å². The van der Waals surface area contributed by atoms with Crippen LogP contribution in [-0.2, 0) is 13.0 Å². The molecule has 3 aromatic rings. The Kier molecular flexibility index (Phi) is 3.18.